The minimum Gasteiger partial charge on any atom is -0.338 e. The average molecular weight is 223 g/mol. The van der Waals surface area contributed by atoms with Gasteiger partial charge < -0.3 is 14.8 Å². The predicted molar refractivity (Wildman–Crippen MR) is 58.8 cm³/mol. The maximum Gasteiger partial charge on any atom is 0.245 e. The lowest BCUT2D eigenvalue weighted by Crippen LogP contribution is -2.48. The van der Waals surface area contributed by atoms with Crippen LogP contribution < -0.4 is 5.32 Å². The number of hydrogen-bond acceptors (Lipinski definition) is 4. The van der Waals surface area contributed by atoms with Gasteiger partial charge in [-0.25, -0.2) is 0 Å². The van der Waals surface area contributed by atoms with Crippen molar-refractivity contribution in [1.29, 1.82) is 0 Å². The molecule has 0 saturated carbocycles. The van der Waals surface area contributed by atoms with E-state index in [0.717, 1.165) is 32.6 Å². The topological polar surface area (TPSA) is 63.1 Å². The van der Waals surface area contributed by atoms with Crippen LogP contribution in [0.25, 0.3) is 0 Å². The van der Waals surface area contributed by atoms with E-state index in [1.54, 1.807) is 17.2 Å². The van der Waals surface area contributed by atoms with Gasteiger partial charge in [0, 0.05) is 26.2 Å². The quantitative estimate of drug-likeness (QED) is 0.761. The van der Waals surface area contributed by atoms with E-state index in [0.29, 0.717) is 0 Å². The Labute approximate surface area is 94.6 Å². The summed E-state index contributed by atoms with van der Waals surface area (Å²) in [6.07, 6.45) is 3.98. The van der Waals surface area contributed by atoms with Crippen molar-refractivity contribution in [3.63, 3.8) is 0 Å². The van der Waals surface area contributed by atoms with Crippen molar-refractivity contribution in [2.45, 2.75) is 19.4 Å². The summed E-state index contributed by atoms with van der Waals surface area (Å²) >= 11 is 0. The number of aromatic nitrogens is 3. The molecule has 1 aliphatic rings. The summed E-state index contributed by atoms with van der Waals surface area (Å²) in [4.78, 5) is 14.2. The maximum atomic E-state index is 12.2. The third-order valence-corrected chi connectivity index (χ3v) is 2.90. The smallest absolute Gasteiger partial charge is 0.245 e. The van der Waals surface area contributed by atoms with Crippen LogP contribution in [0.3, 0.4) is 0 Å². The molecule has 2 rings (SSSR count). The lowest BCUT2D eigenvalue weighted by Gasteiger charge is -2.30. The number of carbonyl (C=O) groups is 1. The second kappa shape index (κ2) is 5.07. The molecule has 1 aromatic rings. The number of amides is 1. The number of nitrogens with zero attached hydrogens (tertiary/aromatic N) is 4. The summed E-state index contributed by atoms with van der Waals surface area (Å²) in [5.74, 6) is 0.170. The molecule has 1 atom stereocenters. The minimum absolute atomic E-state index is 0.159. The highest BCUT2D eigenvalue weighted by Crippen LogP contribution is 2.14. The molecule has 0 aromatic carbocycles. The van der Waals surface area contributed by atoms with Crippen LogP contribution >= 0.6 is 0 Å². The first kappa shape index (κ1) is 11.1. The molecule has 88 valence electrons. The van der Waals surface area contributed by atoms with Crippen molar-refractivity contribution in [2.24, 2.45) is 0 Å². The number of hydrogen-bond donors (Lipinski definition) is 1. The second-order valence-corrected chi connectivity index (χ2v) is 3.91. The van der Waals surface area contributed by atoms with Gasteiger partial charge in [-0.15, -0.1) is 10.2 Å². The van der Waals surface area contributed by atoms with Gasteiger partial charge in [0.25, 0.3) is 0 Å². The Balaban J connectivity index is 2.06. The summed E-state index contributed by atoms with van der Waals surface area (Å²) in [5.41, 5.74) is 0. The highest BCUT2D eigenvalue weighted by molar-refractivity contribution is 5.80. The van der Waals surface area contributed by atoms with Crippen molar-refractivity contribution >= 4 is 5.91 Å². The van der Waals surface area contributed by atoms with Gasteiger partial charge in [-0.05, 0) is 6.42 Å². The molecule has 1 aliphatic heterocycles. The Morgan fingerprint density at radius 3 is 2.56 bits per heavy atom. The molecule has 6 heteroatoms. The molecular weight excluding hydrogens is 206 g/mol. The van der Waals surface area contributed by atoms with Crippen LogP contribution in [-0.4, -0.2) is 51.8 Å². The van der Waals surface area contributed by atoms with Crippen LogP contribution in [0.5, 0.6) is 0 Å². The molecule has 1 N–H and O–H groups in total. The summed E-state index contributed by atoms with van der Waals surface area (Å²) in [6.45, 7) is 5.34. The molecule has 16 heavy (non-hydrogen) atoms. The van der Waals surface area contributed by atoms with E-state index in [4.69, 9.17) is 0 Å². The standard InChI is InChI=1S/C10H17N5O/c1-2-9(15-7-12-13-8-15)10(16)14-5-3-11-4-6-14/h7-9,11H,2-6H2,1H3. The molecule has 0 spiro atoms. The number of piperazine rings is 1. The molecular formula is C10H17N5O. The molecule has 1 unspecified atom stereocenters. The van der Waals surface area contributed by atoms with Crippen LogP contribution in [0, 0.1) is 0 Å². The number of carbonyl (C=O) groups excluding carboxylic acids is 1. The zero-order valence-electron chi connectivity index (χ0n) is 9.46. The van der Waals surface area contributed by atoms with Gasteiger partial charge in [0.2, 0.25) is 5.91 Å². The van der Waals surface area contributed by atoms with Crippen LogP contribution in [0.2, 0.25) is 0 Å². The van der Waals surface area contributed by atoms with Gasteiger partial charge in [0.1, 0.15) is 18.7 Å². The van der Waals surface area contributed by atoms with Crippen LogP contribution in [0.4, 0.5) is 0 Å². The number of nitrogens with one attached hydrogen (secondary N) is 1. The van der Waals surface area contributed by atoms with E-state index in [9.17, 15) is 4.79 Å². The van der Waals surface area contributed by atoms with Gasteiger partial charge in [-0.1, -0.05) is 6.92 Å². The Kier molecular flexibility index (Phi) is 3.51. The predicted octanol–water partition coefficient (Wildman–Crippen LogP) is -0.339. The third-order valence-electron chi connectivity index (χ3n) is 2.90. The lowest BCUT2D eigenvalue weighted by atomic mass is 10.2. The fourth-order valence-corrected chi connectivity index (χ4v) is 1.98. The highest BCUT2D eigenvalue weighted by atomic mass is 16.2. The molecule has 0 radical (unpaired) electrons. The lowest BCUT2D eigenvalue weighted by molar-refractivity contribution is -0.135. The van der Waals surface area contributed by atoms with Crippen LogP contribution in [0.15, 0.2) is 12.7 Å². The summed E-state index contributed by atoms with van der Waals surface area (Å²) in [6, 6.07) is -0.159. The molecule has 1 saturated heterocycles. The first-order valence-corrected chi connectivity index (χ1v) is 5.66. The SMILES string of the molecule is CCC(C(=O)N1CCNCC1)n1cnnc1. The summed E-state index contributed by atoms with van der Waals surface area (Å²) < 4.78 is 1.78. The molecule has 6 nitrogen and oxygen atoms in total. The fraction of sp³-hybridized carbons (Fsp3) is 0.700. The molecule has 0 aliphatic carbocycles. The third kappa shape index (κ3) is 2.21. The molecule has 2 heterocycles. The second-order valence-electron chi connectivity index (χ2n) is 3.91. The van der Waals surface area contributed by atoms with E-state index in [-0.39, 0.29) is 11.9 Å². The van der Waals surface area contributed by atoms with E-state index in [1.807, 2.05) is 11.8 Å². The highest BCUT2D eigenvalue weighted by Gasteiger charge is 2.25. The van der Waals surface area contributed by atoms with Crippen molar-refractivity contribution in [1.82, 2.24) is 25.0 Å². The van der Waals surface area contributed by atoms with Gasteiger partial charge in [-0.2, -0.15) is 0 Å². The molecule has 0 bridgehead atoms. The van der Waals surface area contributed by atoms with Crippen molar-refractivity contribution in [3.05, 3.63) is 12.7 Å². The summed E-state index contributed by atoms with van der Waals surface area (Å²) in [7, 11) is 0. The number of rotatable bonds is 3. The Bertz CT molecular complexity index is 331. The Morgan fingerprint density at radius 1 is 1.38 bits per heavy atom. The monoisotopic (exact) mass is 223 g/mol. The zero-order valence-corrected chi connectivity index (χ0v) is 9.46. The van der Waals surface area contributed by atoms with Gasteiger partial charge in [-0.3, -0.25) is 4.79 Å². The molecule has 1 fully saturated rings. The van der Waals surface area contributed by atoms with Crippen LogP contribution in [-0.2, 0) is 4.79 Å². The van der Waals surface area contributed by atoms with Gasteiger partial charge >= 0.3 is 0 Å². The summed E-state index contributed by atoms with van der Waals surface area (Å²) in [5, 5.41) is 10.7. The molecule has 1 amide bonds. The van der Waals surface area contributed by atoms with Crippen LogP contribution in [0.1, 0.15) is 19.4 Å². The van der Waals surface area contributed by atoms with E-state index in [2.05, 4.69) is 15.5 Å². The zero-order chi connectivity index (χ0) is 11.4. The van der Waals surface area contributed by atoms with Gasteiger partial charge in [0.05, 0.1) is 0 Å². The Morgan fingerprint density at radius 2 is 2.00 bits per heavy atom. The van der Waals surface area contributed by atoms with Crippen molar-refractivity contribution in [3.8, 4) is 0 Å². The Hall–Kier alpha value is -1.43. The molecule has 1 aromatic heterocycles. The van der Waals surface area contributed by atoms with E-state index >= 15 is 0 Å². The van der Waals surface area contributed by atoms with Crippen molar-refractivity contribution in [2.75, 3.05) is 26.2 Å². The first-order chi connectivity index (χ1) is 7.83. The van der Waals surface area contributed by atoms with Crippen molar-refractivity contribution < 1.29 is 4.79 Å². The fourth-order valence-electron chi connectivity index (χ4n) is 1.98. The van der Waals surface area contributed by atoms with E-state index in [1.165, 1.54) is 0 Å². The normalized spacial score (nSPS) is 18.4. The van der Waals surface area contributed by atoms with E-state index < -0.39 is 0 Å². The first-order valence-electron chi connectivity index (χ1n) is 5.66. The van der Waals surface area contributed by atoms with Gasteiger partial charge in [0.15, 0.2) is 0 Å². The largest absolute Gasteiger partial charge is 0.338 e. The maximum absolute atomic E-state index is 12.2. The average Bonchev–Trinajstić information content (AvgIpc) is 2.85. The minimum atomic E-state index is -0.159.